The zero-order chi connectivity index (χ0) is 15.6. The highest BCUT2D eigenvalue weighted by molar-refractivity contribution is 5.57. The molecule has 0 amide bonds. The van der Waals surface area contributed by atoms with Gasteiger partial charge in [-0.3, -0.25) is 0 Å². The lowest BCUT2D eigenvalue weighted by Gasteiger charge is -2.10. The quantitative estimate of drug-likeness (QED) is 0.882. The van der Waals surface area contributed by atoms with Crippen LogP contribution >= 0.6 is 0 Å². The van der Waals surface area contributed by atoms with E-state index in [1.54, 1.807) is 6.92 Å². The monoisotopic (exact) mass is 302 g/mol. The van der Waals surface area contributed by atoms with E-state index in [9.17, 15) is 17.6 Å². The molecule has 9 heteroatoms. The molecule has 2 aromatic rings. The number of nitrogens with zero attached hydrogens (tertiary/aromatic N) is 3. The molecule has 0 radical (unpaired) electrons. The summed E-state index contributed by atoms with van der Waals surface area (Å²) in [6.07, 6.45) is -4.82. The molecule has 1 heterocycles. The first-order valence-electron chi connectivity index (χ1n) is 5.82. The van der Waals surface area contributed by atoms with Crippen molar-refractivity contribution in [3.05, 3.63) is 29.6 Å². The van der Waals surface area contributed by atoms with Gasteiger partial charge in [-0.15, -0.1) is 0 Å². The molecule has 0 saturated carbocycles. The van der Waals surface area contributed by atoms with E-state index < -0.39 is 17.6 Å². The maximum Gasteiger partial charge on any atom is 0.419 e. The van der Waals surface area contributed by atoms with Gasteiger partial charge in [-0.2, -0.15) is 28.1 Å². The van der Waals surface area contributed by atoms with Crippen LogP contribution in [0.4, 0.5) is 23.5 Å². The third-order valence-corrected chi connectivity index (χ3v) is 2.44. The summed E-state index contributed by atoms with van der Waals surface area (Å²) in [7, 11) is 0. The van der Waals surface area contributed by atoms with E-state index in [4.69, 9.17) is 10.5 Å². The fraction of sp³-hybridized carbons (Fsp3) is 0.250. The Balaban J connectivity index is 2.52. The fourth-order valence-electron chi connectivity index (χ4n) is 1.58. The molecule has 0 aliphatic rings. The van der Waals surface area contributed by atoms with Gasteiger partial charge in [-0.1, -0.05) is 0 Å². The molecular weight excluding hydrogens is 292 g/mol. The number of benzene rings is 1. The minimum Gasteiger partial charge on any atom is -0.464 e. The second-order valence-corrected chi connectivity index (χ2v) is 3.93. The molecule has 0 atom stereocenters. The summed E-state index contributed by atoms with van der Waals surface area (Å²) in [5, 5.41) is 0. The van der Waals surface area contributed by atoms with Crippen molar-refractivity contribution in [2.45, 2.75) is 13.1 Å². The maximum atomic E-state index is 13.2. The standard InChI is InChI=1S/C12H10F4N4O/c1-2-21-11-19-9(18-10(17)20-11)6-3-4-8(13)7(5-6)12(14,15)16/h3-5H,2H2,1H3,(H2,17,18,19,20). The molecule has 5 nitrogen and oxygen atoms in total. The average Bonchev–Trinajstić information content (AvgIpc) is 2.37. The molecule has 0 fully saturated rings. The van der Waals surface area contributed by atoms with Crippen molar-refractivity contribution >= 4 is 5.95 Å². The number of rotatable bonds is 3. The van der Waals surface area contributed by atoms with Crippen molar-refractivity contribution in [2.75, 3.05) is 12.3 Å². The summed E-state index contributed by atoms with van der Waals surface area (Å²) in [5.74, 6) is -1.71. The molecule has 0 unspecified atom stereocenters. The summed E-state index contributed by atoms with van der Waals surface area (Å²) in [6.45, 7) is 1.93. The summed E-state index contributed by atoms with van der Waals surface area (Å²) in [4.78, 5) is 11.2. The highest BCUT2D eigenvalue weighted by Gasteiger charge is 2.34. The number of nitrogen functional groups attached to an aromatic ring is 1. The Labute approximate surface area is 116 Å². The van der Waals surface area contributed by atoms with Crippen LogP contribution in [0.2, 0.25) is 0 Å². The lowest BCUT2D eigenvalue weighted by Crippen LogP contribution is -2.09. The second kappa shape index (κ2) is 5.51. The van der Waals surface area contributed by atoms with Gasteiger partial charge in [0, 0.05) is 5.56 Å². The van der Waals surface area contributed by atoms with Crippen LogP contribution in [-0.4, -0.2) is 21.6 Å². The lowest BCUT2D eigenvalue weighted by atomic mass is 10.1. The smallest absolute Gasteiger partial charge is 0.419 e. The number of anilines is 1. The highest BCUT2D eigenvalue weighted by Crippen LogP contribution is 2.33. The number of ether oxygens (including phenoxy) is 1. The molecule has 0 saturated heterocycles. The predicted octanol–water partition coefficient (Wildman–Crippen LogP) is 2.68. The van der Waals surface area contributed by atoms with E-state index in [0.717, 1.165) is 6.07 Å². The van der Waals surface area contributed by atoms with Crippen molar-refractivity contribution in [1.29, 1.82) is 0 Å². The third-order valence-electron chi connectivity index (χ3n) is 2.44. The van der Waals surface area contributed by atoms with Crippen LogP contribution in [0, 0.1) is 5.82 Å². The number of halogens is 4. The van der Waals surface area contributed by atoms with Gasteiger partial charge in [0.25, 0.3) is 0 Å². The van der Waals surface area contributed by atoms with Gasteiger partial charge in [0.1, 0.15) is 5.82 Å². The van der Waals surface area contributed by atoms with Gasteiger partial charge in [-0.25, -0.2) is 4.39 Å². The van der Waals surface area contributed by atoms with Gasteiger partial charge in [-0.05, 0) is 25.1 Å². The Kier molecular flexibility index (Phi) is 3.92. The fourth-order valence-corrected chi connectivity index (χ4v) is 1.58. The van der Waals surface area contributed by atoms with E-state index in [-0.39, 0.29) is 30.0 Å². The van der Waals surface area contributed by atoms with Crippen LogP contribution in [-0.2, 0) is 6.18 Å². The topological polar surface area (TPSA) is 73.9 Å². The minimum atomic E-state index is -4.82. The Hall–Kier alpha value is -2.45. The molecule has 1 aromatic carbocycles. The molecule has 2 rings (SSSR count). The maximum absolute atomic E-state index is 13.2. The number of nitrogens with two attached hydrogens (primary N) is 1. The Morgan fingerprint density at radius 2 is 1.90 bits per heavy atom. The van der Waals surface area contributed by atoms with E-state index in [0.29, 0.717) is 12.1 Å². The molecule has 1 aromatic heterocycles. The molecule has 2 N–H and O–H groups in total. The molecular formula is C12H10F4N4O. The van der Waals surface area contributed by atoms with E-state index in [1.807, 2.05) is 0 Å². The first-order valence-corrected chi connectivity index (χ1v) is 5.82. The van der Waals surface area contributed by atoms with Crippen molar-refractivity contribution in [3.8, 4) is 17.4 Å². The number of alkyl halides is 3. The van der Waals surface area contributed by atoms with Gasteiger partial charge in [0.2, 0.25) is 5.95 Å². The second-order valence-electron chi connectivity index (χ2n) is 3.93. The first-order chi connectivity index (χ1) is 9.81. The minimum absolute atomic E-state index is 0.0428. The summed E-state index contributed by atoms with van der Waals surface area (Å²) in [6, 6.07) is 2.31. The zero-order valence-corrected chi connectivity index (χ0v) is 10.8. The van der Waals surface area contributed by atoms with Crippen LogP contribution in [0.3, 0.4) is 0 Å². The predicted molar refractivity (Wildman–Crippen MR) is 65.8 cm³/mol. The molecule has 0 aliphatic carbocycles. The molecule has 0 spiro atoms. The summed E-state index contributed by atoms with van der Waals surface area (Å²) < 4.78 is 56.3. The Morgan fingerprint density at radius 3 is 2.52 bits per heavy atom. The van der Waals surface area contributed by atoms with Gasteiger partial charge < -0.3 is 10.5 Å². The van der Waals surface area contributed by atoms with Gasteiger partial charge >= 0.3 is 12.2 Å². The van der Waals surface area contributed by atoms with E-state index in [2.05, 4.69) is 15.0 Å². The summed E-state index contributed by atoms with van der Waals surface area (Å²) in [5.41, 5.74) is 3.99. The van der Waals surface area contributed by atoms with Gasteiger partial charge in [0.05, 0.1) is 12.2 Å². The number of aromatic nitrogens is 3. The van der Waals surface area contributed by atoms with Crippen molar-refractivity contribution in [1.82, 2.24) is 15.0 Å². The lowest BCUT2D eigenvalue weighted by molar-refractivity contribution is -0.139. The molecule has 112 valence electrons. The van der Waals surface area contributed by atoms with Crippen molar-refractivity contribution < 1.29 is 22.3 Å². The van der Waals surface area contributed by atoms with E-state index in [1.165, 1.54) is 0 Å². The van der Waals surface area contributed by atoms with Crippen LogP contribution in [0.1, 0.15) is 12.5 Å². The Morgan fingerprint density at radius 1 is 1.19 bits per heavy atom. The largest absolute Gasteiger partial charge is 0.464 e. The first kappa shape index (κ1) is 14.9. The van der Waals surface area contributed by atoms with Gasteiger partial charge in [0.15, 0.2) is 5.82 Å². The molecule has 21 heavy (non-hydrogen) atoms. The molecule has 0 bridgehead atoms. The number of hydrogen-bond acceptors (Lipinski definition) is 5. The number of hydrogen-bond donors (Lipinski definition) is 1. The SMILES string of the molecule is CCOc1nc(N)nc(-c2ccc(F)c(C(F)(F)F)c2)n1. The van der Waals surface area contributed by atoms with Crippen molar-refractivity contribution in [3.63, 3.8) is 0 Å². The normalized spacial score (nSPS) is 11.5. The molecule has 0 aliphatic heterocycles. The van der Waals surface area contributed by atoms with Crippen molar-refractivity contribution in [2.24, 2.45) is 0 Å². The Bertz CT molecular complexity index is 660. The third kappa shape index (κ3) is 3.36. The highest BCUT2D eigenvalue weighted by atomic mass is 19.4. The van der Waals surface area contributed by atoms with Crippen LogP contribution < -0.4 is 10.5 Å². The zero-order valence-electron chi connectivity index (χ0n) is 10.8. The van der Waals surface area contributed by atoms with Crippen LogP contribution in [0.15, 0.2) is 18.2 Å². The van der Waals surface area contributed by atoms with Crippen LogP contribution in [0.5, 0.6) is 6.01 Å². The van der Waals surface area contributed by atoms with E-state index >= 15 is 0 Å². The average molecular weight is 302 g/mol. The van der Waals surface area contributed by atoms with Crippen LogP contribution in [0.25, 0.3) is 11.4 Å². The summed E-state index contributed by atoms with van der Waals surface area (Å²) >= 11 is 0.